The zero-order valence-electron chi connectivity index (χ0n) is 22.6. The van der Waals surface area contributed by atoms with Crippen LogP contribution in [0.1, 0.15) is 53.6 Å². The third-order valence-electron chi connectivity index (χ3n) is 6.59. The predicted octanol–water partition coefficient (Wildman–Crippen LogP) is 6.99. The second-order valence-electron chi connectivity index (χ2n) is 9.71. The van der Waals surface area contributed by atoms with Crippen molar-refractivity contribution in [1.29, 1.82) is 0 Å². The minimum atomic E-state index is -4.87. The highest BCUT2D eigenvalue weighted by atomic mass is 19.4. The van der Waals surface area contributed by atoms with E-state index in [2.05, 4.69) is 21.4 Å². The topological polar surface area (TPSA) is 108 Å². The number of nitrogens with one attached hydrogen (secondary N) is 2. The molecule has 0 bridgehead atoms. The second kappa shape index (κ2) is 13.7. The zero-order valence-corrected chi connectivity index (χ0v) is 22.6. The van der Waals surface area contributed by atoms with E-state index >= 15 is 0 Å². The van der Waals surface area contributed by atoms with Crippen molar-refractivity contribution in [3.8, 4) is 5.75 Å². The van der Waals surface area contributed by atoms with E-state index in [0.29, 0.717) is 16.8 Å². The van der Waals surface area contributed by atoms with Crippen molar-refractivity contribution in [2.24, 2.45) is 0 Å². The molecule has 0 saturated heterocycles. The first-order valence-corrected chi connectivity index (χ1v) is 13.4. The molecule has 0 radical (unpaired) electrons. The maximum absolute atomic E-state index is 13.5. The first kappa shape index (κ1) is 30.2. The Bertz CT molecular complexity index is 1440. The lowest BCUT2D eigenvalue weighted by molar-refractivity contribution is -0.274. The summed E-state index contributed by atoms with van der Waals surface area (Å²) >= 11 is 0. The van der Waals surface area contributed by atoms with E-state index in [1.807, 2.05) is 24.3 Å². The molecule has 0 unspecified atom stereocenters. The SMILES string of the molecule is O=C(O)CCNC(=O)c1ccc(CN(C(=O)Nc2cccc(OC(F)(F)F)c2)c2ccc(C3=CCCCC3)cc2)cc1. The number of halogens is 3. The van der Waals surface area contributed by atoms with Gasteiger partial charge in [0.1, 0.15) is 5.75 Å². The Hall–Kier alpha value is -4.80. The van der Waals surface area contributed by atoms with Crippen LogP contribution in [0.25, 0.3) is 5.57 Å². The third kappa shape index (κ3) is 8.85. The molecule has 42 heavy (non-hydrogen) atoms. The molecule has 0 heterocycles. The molecular formula is C31H30F3N3O5. The van der Waals surface area contributed by atoms with Gasteiger partial charge in [0.15, 0.2) is 0 Å². The molecular weight excluding hydrogens is 551 g/mol. The quantitative estimate of drug-likeness (QED) is 0.239. The predicted molar refractivity (Wildman–Crippen MR) is 152 cm³/mol. The fourth-order valence-corrected chi connectivity index (χ4v) is 4.53. The summed E-state index contributed by atoms with van der Waals surface area (Å²) in [4.78, 5) is 37.9. The lowest BCUT2D eigenvalue weighted by Crippen LogP contribution is -2.34. The van der Waals surface area contributed by atoms with Crippen LogP contribution in [0.5, 0.6) is 5.75 Å². The Labute approximate surface area is 240 Å². The molecule has 3 N–H and O–H groups in total. The largest absolute Gasteiger partial charge is 0.573 e. The fourth-order valence-electron chi connectivity index (χ4n) is 4.53. The van der Waals surface area contributed by atoms with Gasteiger partial charge in [-0.15, -0.1) is 13.2 Å². The number of carbonyl (C=O) groups is 3. The van der Waals surface area contributed by atoms with Crippen LogP contribution in [0, 0.1) is 0 Å². The number of amides is 3. The van der Waals surface area contributed by atoms with Gasteiger partial charge in [-0.3, -0.25) is 14.5 Å². The number of rotatable bonds is 10. The Morgan fingerprint density at radius 1 is 0.952 bits per heavy atom. The molecule has 8 nitrogen and oxygen atoms in total. The molecule has 1 aliphatic rings. The summed E-state index contributed by atoms with van der Waals surface area (Å²) in [5.41, 5.74) is 4.00. The van der Waals surface area contributed by atoms with E-state index < -0.39 is 30.0 Å². The van der Waals surface area contributed by atoms with Gasteiger partial charge < -0.3 is 20.5 Å². The van der Waals surface area contributed by atoms with Gasteiger partial charge in [-0.05, 0) is 78.8 Å². The monoisotopic (exact) mass is 581 g/mol. The number of hydrogen-bond acceptors (Lipinski definition) is 4. The number of carboxylic acid groups (broad SMARTS) is 1. The molecule has 0 aliphatic heterocycles. The van der Waals surface area contributed by atoms with Crippen molar-refractivity contribution < 1.29 is 37.4 Å². The molecule has 1 aliphatic carbocycles. The van der Waals surface area contributed by atoms with Crippen molar-refractivity contribution in [2.75, 3.05) is 16.8 Å². The lowest BCUT2D eigenvalue weighted by Gasteiger charge is -2.24. The number of nitrogens with zero attached hydrogens (tertiary/aromatic N) is 1. The van der Waals surface area contributed by atoms with E-state index in [-0.39, 0.29) is 25.2 Å². The van der Waals surface area contributed by atoms with Gasteiger partial charge in [0.25, 0.3) is 5.91 Å². The molecule has 4 rings (SSSR count). The van der Waals surface area contributed by atoms with Gasteiger partial charge in [0, 0.05) is 29.5 Å². The number of anilines is 2. The minimum absolute atomic E-state index is 0.00796. The number of hydrogen-bond donors (Lipinski definition) is 3. The van der Waals surface area contributed by atoms with E-state index in [4.69, 9.17) is 5.11 Å². The summed E-state index contributed by atoms with van der Waals surface area (Å²) in [5.74, 6) is -1.91. The smallest absolute Gasteiger partial charge is 0.481 e. The Morgan fingerprint density at radius 3 is 2.33 bits per heavy atom. The number of aliphatic carboxylic acids is 1. The average molecular weight is 582 g/mol. The number of allylic oxidation sites excluding steroid dienone is 2. The summed E-state index contributed by atoms with van der Waals surface area (Å²) in [6.07, 6.45) is 1.43. The number of urea groups is 1. The van der Waals surface area contributed by atoms with Crippen LogP contribution in [0.3, 0.4) is 0 Å². The van der Waals surface area contributed by atoms with Gasteiger partial charge in [0.2, 0.25) is 0 Å². The number of benzene rings is 3. The summed E-state index contributed by atoms with van der Waals surface area (Å²) in [6.45, 7) is 0.0828. The van der Waals surface area contributed by atoms with Crippen LogP contribution in [0.4, 0.5) is 29.3 Å². The molecule has 0 aromatic heterocycles. The molecule has 0 fully saturated rings. The number of ether oxygens (including phenoxy) is 1. The van der Waals surface area contributed by atoms with Crippen molar-refractivity contribution in [3.63, 3.8) is 0 Å². The highest BCUT2D eigenvalue weighted by Gasteiger charge is 2.31. The average Bonchev–Trinajstić information content (AvgIpc) is 2.96. The van der Waals surface area contributed by atoms with Crippen LogP contribution in [0.2, 0.25) is 0 Å². The van der Waals surface area contributed by atoms with E-state index in [0.717, 1.165) is 43.4 Å². The van der Waals surface area contributed by atoms with Crippen LogP contribution >= 0.6 is 0 Å². The maximum atomic E-state index is 13.5. The molecule has 0 saturated carbocycles. The summed E-state index contributed by atoms with van der Waals surface area (Å²) in [6, 6.07) is 18.4. The van der Waals surface area contributed by atoms with E-state index in [1.165, 1.54) is 22.6 Å². The molecule has 220 valence electrons. The number of carbonyl (C=O) groups excluding carboxylic acids is 2. The highest BCUT2D eigenvalue weighted by Crippen LogP contribution is 2.30. The molecule has 0 spiro atoms. The lowest BCUT2D eigenvalue weighted by atomic mass is 9.93. The minimum Gasteiger partial charge on any atom is -0.481 e. The van der Waals surface area contributed by atoms with Crippen LogP contribution in [0.15, 0.2) is 78.9 Å². The highest BCUT2D eigenvalue weighted by molar-refractivity contribution is 6.02. The summed E-state index contributed by atoms with van der Waals surface area (Å²) < 4.78 is 42.1. The molecule has 3 aromatic rings. The molecule has 3 amide bonds. The normalized spacial score (nSPS) is 13.1. The van der Waals surface area contributed by atoms with Crippen LogP contribution in [-0.2, 0) is 11.3 Å². The summed E-state index contributed by atoms with van der Waals surface area (Å²) in [7, 11) is 0. The second-order valence-corrected chi connectivity index (χ2v) is 9.71. The van der Waals surface area contributed by atoms with Crippen LogP contribution in [-0.4, -0.2) is 35.9 Å². The summed E-state index contributed by atoms with van der Waals surface area (Å²) in [5, 5.41) is 13.9. The van der Waals surface area contributed by atoms with E-state index in [1.54, 1.807) is 24.3 Å². The first-order valence-electron chi connectivity index (χ1n) is 13.4. The molecule has 11 heteroatoms. The Balaban J connectivity index is 1.54. The van der Waals surface area contributed by atoms with Crippen molar-refractivity contribution in [1.82, 2.24) is 5.32 Å². The number of carboxylic acids is 1. The maximum Gasteiger partial charge on any atom is 0.573 e. The van der Waals surface area contributed by atoms with Gasteiger partial charge >= 0.3 is 18.4 Å². The van der Waals surface area contributed by atoms with Crippen LogP contribution < -0.4 is 20.3 Å². The van der Waals surface area contributed by atoms with Gasteiger partial charge in [0.05, 0.1) is 13.0 Å². The van der Waals surface area contributed by atoms with Gasteiger partial charge in [-0.25, -0.2) is 4.79 Å². The zero-order chi connectivity index (χ0) is 30.1. The van der Waals surface area contributed by atoms with Crippen molar-refractivity contribution in [3.05, 3.63) is 95.6 Å². The standard InChI is InChI=1S/C31H30F3N3O5/c32-31(33,34)42-27-8-4-7-25(19-27)36-30(41)37(26-15-13-23(14-16-26)22-5-2-1-3-6-22)20-21-9-11-24(12-10-21)29(40)35-18-17-28(38)39/h4-5,7-16,19H,1-3,6,17-18,20H2,(H,35,40)(H,36,41)(H,38,39). The molecule has 3 aromatic carbocycles. The third-order valence-corrected chi connectivity index (χ3v) is 6.59. The van der Waals surface area contributed by atoms with E-state index in [9.17, 15) is 27.6 Å². The number of alkyl halides is 3. The van der Waals surface area contributed by atoms with Crippen molar-refractivity contribution >= 4 is 34.9 Å². The first-order chi connectivity index (χ1) is 20.1. The van der Waals surface area contributed by atoms with Crippen molar-refractivity contribution in [2.45, 2.75) is 45.0 Å². The Kier molecular flexibility index (Phi) is 9.85. The fraction of sp³-hybridized carbons (Fsp3) is 0.258. The van der Waals surface area contributed by atoms with Gasteiger partial charge in [-0.2, -0.15) is 0 Å². The molecule has 0 atom stereocenters. The van der Waals surface area contributed by atoms with Gasteiger partial charge in [-0.1, -0.05) is 36.4 Å². The Morgan fingerprint density at radius 2 is 1.69 bits per heavy atom.